The maximum absolute atomic E-state index is 12.2. The van der Waals surface area contributed by atoms with E-state index < -0.39 is 0 Å². The van der Waals surface area contributed by atoms with Crippen LogP contribution in [0.25, 0.3) is 22.4 Å². The number of ether oxygens (including phenoxy) is 1. The van der Waals surface area contributed by atoms with Gasteiger partial charge in [0.1, 0.15) is 5.75 Å². The highest BCUT2D eigenvalue weighted by molar-refractivity contribution is 5.80. The minimum atomic E-state index is -0.120. The normalized spacial score (nSPS) is 16.4. The number of nitrogens with one attached hydrogen (secondary N) is 1. The Morgan fingerprint density at radius 1 is 1.10 bits per heavy atom. The van der Waals surface area contributed by atoms with Gasteiger partial charge in [-0.25, -0.2) is 4.68 Å². The molecule has 1 fully saturated rings. The fourth-order valence-corrected chi connectivity index (χ4v) is 4.03. The van der Waals surface area contributed by atoms with Gasteiger partial charge < -0.3 is 10.1 Å². The zero-order valence-corrected chi connectivity index (χ0v) is 17.5. The van der Waals surface area contributed by atoms with Crippen molar-refractivity contribution < 1.29 is 4.74 Å². The number of nitrogens with zero attached hydrogens (tertiary/aromatic N) is 2. The average Bonchev–Trinajstić information content (AvgIpc) is 2.80. The van der Waals surface area contributed by atoms with E-state index in [1.165, 1.54) is 23.9 Å². The van der Waals surface area contributed by atoms with E-state index in [1.807, 2.05) is 54.6 Å². The van der Waals surface area contributed by atoms with Crippen molar-refractivity contribution in [3.63, 3.8) is 0 Å². The molecule has 0 spiro atoms. The van der Waals surface area contributed by atoms with Crippen LogP contribution in [0.1, 0.15) is 25.7 Å². The second kappa shape index (κ2) is 9.72. The largest absolute Gasteiger partial charge is 0.494 e. The first-order valence-electron chi connectivity index (χ1n) is 10.8. The van der Waals surface area contributed by atoms with Gasteiger partial charge in [-0.1, -0.05) is 30.3 Å². The van der Waals surface area contributed by atoms with Gasteiger partial charge in [-0.05, 0) is 74.5 Å². The second-order valence-corrected chi connectivity index (χ2v) is 7.96. The molecule has 1 atom stereocenters. The minimum absolute atomic E-state index is 0.120. The van der Waals surface area contributed by atoms with Gasteiger partial charge in [-0.3, -0.25) is 4.79 Å². The van der Waals surface area contributed by atoms with Gasteiger partial charge >= 0.3 is 0 Å². The van der Waals surface area contributed by atoms with Crippen LogP contribution in [0.15, 0.2) is 65.5 Å². The van der Waals surface area contributed by atoms with Crippen LogP contribution < -0.4 is 15.6 Å². The van der Waals surface area contributed by atoms with Gasteiger partial charge in [0.25, 0.3) is 5.56 Å². The van der Waals surface area contributed by atoms with E-state index in [9.17, 15) is 4.79 Å². The lowest BCUT2D eigenvalue weighted by molar-refractivity contribution is 0.275. The summed E-state index contributed by atoms with van der Waals surface area (Å²) in [5, 5.41) is 8.00. The molecule has 0 bridgehead atoms. The van der Waals surface area contributed by atoms with Crippen molar-refractivity contribution in [2.75, 3.05) is 19.7 Å². The molecular weight excluding hydrogens is 374 g/mol. The number of hydrogen-bond donors (Lipinski definition) is 1. The van der Waals surface area contributed by atoms with E-state index in [4.69, 9.17) is 4.74 Å². The van der Waals surface area contributed by atoms with Crippen molar-refractivity contribution in [2.45, 2.75) is 25.7 Å². The van der Waals surface area contributed by atoms with E-state index in [2.05, 4.69) is 10.4 Å². The quantitative estimate of drug-likeness (QED) is 0.599. The molecule has 4 rings (SSSR count). The van der Waals surface area contributed by atoms with E-state index in [-0.39, 0.29) is 5.56 Å². The van der Waals surface area contributed by atoms with Crippen LogP contribution in [0, 0.1) is 5.92 Å². The summed E-state index contributed by atoms with van der Waals surface area (Å²) < 4.78 is 7.33. The molecule has 5 nitrogen and oxygen atoms in total. The molecule has 1 aromatic heterocycles. The molecule has 1 unspecified atom stereocenters. The topological polar surface area (TPSA) is 56.1 Å². The molecule has 0 saturated carbocycles. The summed E-state index contributed by atoms with van der Waals surface area (Å²) in [6, 6.07) is 19.6. The van der Waals surface area contributed by atoms with E-state index in [0.717, 1.165) is 60.2 Å². The Morgan fingerprint density at radius 2 is 1.90 bits per heavy atom. The number of hydrogen-bond acceptors (Lipinski definition) is 4. The van der Waals surface area contributed by atoms with Crippen LogP contribution in [0.4, 0.5) is 0 Å². The number of aromatic nitrogens is 2. The van der Waals surface area contributed by atoms with E-state index >= 15 is 0 Å². The zero-order chi connectivity index (χ0) is 20.8. The molecule has 1 saturated heterocycles. The predicted molar refractivity (Wildman–Crippen MR) is 121 cm³/mol. The van der Waals surface area contributed by atoms with Crippen molar-refractivity contribution in [3.05, 3.63) is 71.0 Å². The summed E-state index contributed by atoms with van der Waals surface area (Å²) in [5.74, 6) is 1.66. The lowest BCUT2D eigenvalue weighted by Crippen LogP contribution is -2.29. The van der Waals surface area contributed by atoms with Crippen LogP contribution in [-0.2, 0) is 7.05 Å². The van der Waals surface area contributed by atoms with Gasteiger partial charge in [0.15, 0.2) is 0 Å². The third-order valence-electron chi connectivity index (χ3n) is 5.73. The fraction of sp³-hybridized carbons (Fsp3) is 0.360. The summed E-state index contributed by atoms with van der Waals surface area (Å²) >= 11 is 0. The summed E-state index contributed by atoms with van der Waals surface area (Å²) in [5.41, 5.74) is 3.46. The van der Waals surface area contributed by atoms with Crippen molar-refractivity contribution in [1.29, 1.82) is 0 Å². The highest BCUT2D eigenvalue weighted by Crippen LogP contribution is 2.30. The van der Waals surface area contributed by atoms with E-state index in [0.29, 0.717) is 0 Å². The number of aryl methyl sites for hydroxylation is 1. The van der Waals surface area contributed by atoms with Crippen LogP contribution in [0.3, 0.4) is 0 Å². The Kier molecular flexibility index (Phi) is 6.60. The molecule has 1 aliphatic heterocycles. The lowest BCUT2D eigenvalue weighted by Gasteiger charge is -2.22. The molecular formula is C25H29N3O2. The summed E-state index contributed by atoms with van der Waals surface area (Å²) in [6.07, 6.45) is 4.91. The molecule has 0 amide bonds. The second-order valence-electron chi connectivity index (χ2n) is 7.96. The maximum atomic E-state index is 12.2. The van der Waals surface area contributed by atoms with Gasteiger partial charge in [0, 0.05) is 24.2 Å². The Labute approximate surface area is 177 Å². The van der Waals surface area contributed by atoms with Crippen molar-refractivity contribution >= 4 is 0 Å². The minimum Gasteiger partial charge on any atom is -0.494 e. The van der Waals surface area contributed by atoms with E-state index in [1.54, 1.807) is 13.1 Å². The molecule has 5 heteroatoms. The molecule has 2 heterocycles. The van der Waals surface area contributed by atoms with Crippen LogP contribution >= 0.6 is 0 Å². The van der Waals surface area contributed by atoms with Gasteiger partial charge in [0.05, 0.1) is 12.3 Å². The summed E-state index contributed by atoms with van der Waals surface area (Å²) in [6.45, 7) is 3.05. The number of rotatable bonds is 7. The summed E-state index contributed by atoms with van der Waals surface area (Å²) in [7, 11) is 1.68. The fourth-order valence-electron chi connectivity index (χ4n) is 4.03. The molecule has 2 aromatic carbocycles. The third kappa shape index (κ3) is 4.97. The molecule has 1 N–H and O–H groups in total. The molecule has 3 aromatic rings. The molecule has 156 valence electrons. The monoisotopic (exact) mass is 403 g/mol. The average molecular weight is 404 g/mol. The maximum Gasteiger partial charge on any atom is 0.267 e. The highest BCUT2D eigenvalue weighted by Gasteiger charge is 2.13. The molecule has 30 heavy (non-hydrogen) atoms. The lowest BCUT2D eigenvalue weighted by atomic mass is 9.95. The number of piperidine rings is 1. The first-order chi connectivity index (χ1) is 14.7. The molecule has 0 radical (unpaired) electrons. The van der Waals surface area contributed by atoms with Gasteiger partial charge in [0.2, 0.25) is 0 Å². The third-order valence-corrected chi connectivity index (χ3v) is 5.73. The van der Waals surface area contributed by atoms with Crippen LogP contribution in [-0.4, -0.2) is 29.5 Å². The van der Waals surface area contributed by atoms with Crippen molar-refractivity contribution in [2.24, 2.45) is 13.0 Å². The Balaban J connectivity index is 1.45. The van der Waals surface area contributed by atoms with Crippen molar-refractivity contribution in [1.82, 2.24) is 15.1 Å². The molecule has 0 aliphatic carbocycles. The Bertz CT molecular complexity index is 1010. The van der Waals surface area contributed by atoms with Crippen LogP contribution in [0.2, 0.25) is 0 Å². The van der Waals surface area contributed by atoms with Gasteiger partial charge in [-0.2, -0.15) is 5.10 Å². The summed E-state index contributed by atoms with van der Waals surface area (Å²) in [4.78, 5) is 12.2. The van der Waals surface area contributed by atoms with Gasteiger partial charge in [-0.15, -0.1) is 0 Å². The smallest absolute Gasteiger partial charge is 0.267 e. The number of benzene rings is 2. The van der Waals surface area contributed by atoms with Crippen molar-refractivity contribution in [3.8, 4) is 28.1 Å². The Hall–Kier alpha value is -2.92. The first kappa shape index (κ1) is 20.4. The predicted octanol–water partition coefficient (Wildman–Crippen LogP) is 4.27. The SMILES string of the molecule is Cn1nc(-c2ccc(OCCCC3CCCNC3)cc2)c(-c2ccccc2)cc1=O. The zero-order valence-electron chi connectivity index (χ0n) is 17.5. The highest BCUT2D eigenvalue weighted by atomic mass is 16.5. The Morgan fingerprint density at radius 3 is 2.63 bits per heavy atom. The first-order valence-corrected chi connectivity index (χ1v) is 10.8. The standard InChI is InChI=1S/C25H29N3O2/c1-28-24(29)17-23(20-9-3-2-4-10-20)25(27-28)21-11-13-22(14-12-21)30-16-6-8-19-7-5-15-26-18-19/h2-4,9-14,17,19,26H,5-8,15-16,18H2,1H3. The molecule has 1 aliphatic rings. The van der Waals surface area contributed by atoms with Crippen LogP contribution in [0.5, 0.6) is 5.75 Å².